The van der Waals surface area contributed by atoms with Crippen LogP contribution in [0.2, 0.25) is 0 Å². The number of aromatic amines is 2. The Kier molecular flexibility index (Phi) is 3.67. The molecule has 0 saturated carbocycles. The van der Waals surface area contributed by atoms with E-state index in [9.17, 15) is 0 Å². The summed E-state index contributed by atoms with van der Waals surface area (Å²) < 4.78 is 5.81. The van der Waals surface area contributed by atoms with Crippen LogP contribution in [0.1, 0.15) is 19.5 Å². The Hall–Kier alpha value is -2.11. The highest BCUT2D eigenvalue weighted by atomic mass is 16.5. The number of nitrogens with one attached hydrogen (secondary N) is 2. The van der Waals surface area contributed by atoms with Gasteiger partial charge in [-0.3, -0.25) is 10.00 Å². The number of nitrogens with zero attached hydrogens (tertiary/aromatic N) is 2. The molecule has 1 aromatic carbocycles. The molecule has 0 bridgehead atoms. The highest BCUT2D eigenvalue weighted by Gasteiger charge is 2.22. The van der Waals surface area contributed by atoms with Crippen LogP contribution in [0, 0.1) is 0 Å². The molecule has 5 nitrogen and oxygen atoms in total. The lowest BCUT2D eigenvalue weighted by molar-refractivity contribution is -0.0707. The van der Waals surface area contributed by atoms with Crippen molar-refractivity contribution in [2.24, 2.45) is 0 Å². The molecular weight excluding hydrogens is 288 g/mol. The van der Waals surface area contributed by atoms with Gasteiger partial charge in [0.15, 0.2) is 0 Å². The first-order chi connectivity index (χ1) is 11.2. The molecule has 2 atom stereocenters. The van der Waals surface area contributed by atoms with Gasteiger partial charge in [0.2, 0.25) is 0 Å². The summed E-state index contributed by atoms with van der Waals surface area (Å²) in [5.41, 5.74) is 4.63. The van der Waals surface area contributed by atoms with Gasteiger partial charge >= 0.3 is 0 Å². The summed E-state index contributed by atoms with van der Waals surface area (Å²) >= 11 is 0. The second kappa shape index (κ2) is 5.83. The Balaban J connectivity index is 1.56. The van der Waals surface area contributed by atoms with E-state index in [1.807, 2.05) is 12.3 Å². The van der Waals surface area contributed by atoms with Gasteiger partial charge in [0, 0.05) is 42.0 Å². The molecule has 2 unspecified atom stereocenters. The molecule has 1 saturated heterocycles. The van der Waals surface area contributed by atoms with Crippen molar-refractivity contribution in [2.45, 2.75) is 32.6 Å². The van der Waals surface area contributed by atoms with Crippen LogP contribution < -0.4 is 0 Å². The first kappa shape index (κ1) is 14.5. The predicted octanol–water partition coefficient (Wildman–Crippen LogP) is 3.17. The number of rotatable bonds is 3. The van der Waals surface area contributed by atoms with Crippen LogP contribution in [0.3, 0.4) is 0 Å². The normalized spacial score (nSPS) is 22.7. The predicted molar refractivity (Wildman–Crippen MR) is 91.2 cm³/mol. The van der Waals surface area contributed by atoms with E-state index in [1.54, 1.807) is 0 Å². The van der Waals surface area contributed by atoms with Gasteiger partial charge in [-0.2, -0.15) is 5.10 Å². The Bertz CT molecular complexity index is 796. The topological polar surface area (TPSA) is 56.9 Å². The van der Waals surface area contributed by atoms with Crippen molar-refractivity contribution in [2.75, 3.05) is 13.1 Å². The van der Waals surface area contributed by atoms with Crippen LogP contribution in [-0.2, 0) is 11.3 Å². The monoisotopic (exact) mass is 310 g/mol. The van der Waals surface area contributed by atoms with Crippen molar-refractivity contribution in [3.05, 3.63) is 42.2 Å². The first-order valence-electron chi connectivity index (χ1n) is 8.17. The molecule has 2 N–H and O–H groups in total. The second-order valence-corrected chi connectivity index (χ2v) is 6.49. The van der Waals surface area contributed by atoms with Crippen molar-refractivity contribution >= 4 is 10.9 Å². The summed E-state index contributed by atoms with van der Waals surface area (Å²) in [6, 6.07) is 10.6. The molecule has 1 aliphatic rings. The summed E-state index contributed by atoms with van der Waals surface area (Å²) in [4.78, 5) is 6.02. The van der Waals surface area contributed by atoms with Crippen molar-refractivity contribution < 1.29 is 4.74 Å². The number of hydrogen-bond acceptors (Lipinski definition) is 3. The maximum atomic E-state index is 5.81. The molecule has 23 heavy (non-hydrogen) atoms. The minimum absolute atomic E-state index is 0.299. The fourth-order valence-electron chi connectivity index (χ4n) is 3.55. The van der Waals surface area contributed by atoms with Crippen molar-refractivity contribution in [3.8, 4) is 11.3 Å². The maximum absolute atomic E-state index is 5.81. The maximum Gasteiger partial charge on any atom is 0.0678 e. The van der Waals surface area contributed by atoms with Gasteiger partial charge in [-0.25, -0.2) is 0 Å². The molecule has 0 spiro atoms. The average molecular weight is 310 g/mol. The number of fused-ring (bicyclic) bond motifs is 1. The molecule has 120 valence electrons. The van der Waals surface area contributed by atoms with Gasteiger partial charge in [0.05, 0.1) is 23.9 Å². The van der Waals surface area contributed by atoms with Gasteiger partial charge in [0.1, 0.15) is 0 Å². The third-order valence-corrected chi connectivity index (χ3v) is 4.41. The van der Waals surface area contributed by atoms with Crippen molar-refractivity contribution in [3.63, 3.8) is 0 Å². The minimum atomic E-state index is 0.299. The third kappa shape index (κ3) is 2.90. The highest BCUT2D eigenvalue weighted by molar-refractivity contribution is 5.93. The number of hydrogen-bond donors (Lipinski definition) is 2. The fourth-order valence-corrected chi connectivity index (χ4v) is 3.55. The zero-order valence-corrected chi connectivity index (χ0v) is 13.5. The lowest BCUT2D eigenvalue weighted by Gasteiger charge is -2.35. The Morgan fingerprint density at radius 3 is 2.83 bits per heavy atom. The van der Waals surface area contributed by atoms with Gasteiger partial charge < -0.3 is 9.72 Å². The molecule has 1 fully saturated rings. The molecule has 4 rings (SSSR count). The molecule has 0 radical (unpaired) electrons. The fraction of sp³-hybridized carbons (Fsp3) is 0.389. The Morgan fingerprint density at radius 1 is 1.17 bits per heavy atom. The van der Waals surface area contributed by atoms with E-state index in [0.717, 1.165) is 36.2 Å². The second-order valence-electron chi connectivity index (χ2n) is 6.49. The molecule has 3 aromatic rings. The van der Waals surface area contributed by atoms with Crippen LogP contribution >= 0.6 is 0 Å². The molecule has 1 aliphatic heterocycles. The van der Waals surface area contributed by atoms with E-state index in [1.165, 1.54) is 11.3 Å². The molecule has 0 aliphatic carbocycles. The van der Waals surface area contributed by atoms with E-state index in [2.05, 4.69) is 58.2 Å². The highest BCUT2D eigenvalue weighted by Crippen LogP contribution is 2.27. The van der Waals surface area contributed by atoms with Crippen LogP contribution in [0.25, 0.3) is 22.2 Å². The summed E-state index contributed by atoms with van der Waals surface area (Å²) in [6.45, 7) is 7.18. The summed E-state index contributed by atoms with van der Waals surface area (Å²) in [5, 5.41) is 8.32. The largest absolute Gasteiger partial charge is 0.373 e. The zero-order valence-electron chi connectivity index (χ0n) is 13.5. The summed E-state index contributed by atoms with van der Waals surface area (Å²) in [7, 11) is 0. The SMILES string of the molecule is CC1CN(Cc2ccc(-c3cccc4[nH]ncc34)[nH]2)CC(C)O1. The first-order valence-corrected chi connectivity index (χ1v) is 8.17. The Morgan fingerprint density at radius 2 is 2.00 bits per heavy atom. The van der Waals surface area contributed by atoms with Gasteiger partial charge in [-0.05, 0) is 32.0 Å². The van der Waals surface area contributed by atoms with Crippen LogP contribution in [0.15, 0.2) is 36.5 Å². The lowest BCUT2D eigenvalue weighted by Crippen LogP contribution is -2.44. The minimum Gasteiger partial charge on any atom is -0.373 e. The quantitative estimate of drug-likeness (QED) is 0.781. The third-order valence-electron chi connectivity index (χ3n) is 4.41. The smallest absolute Gasteiger partial charge is 0.0678 e. The van der Waals surface area contributed by atoms with Gasteiger partial charge in [0.25, 0.3) is 0 Å². The van der Waals surface area contributed by atoms with Crippen molar-refractivity contribution in [1.82, 2.24) is 20.1 Å². The van der Waals surface area contributed by atoms with Crippen molar-refractivity contribution in [1.29, 1.82) is 0 Å². The van der Waals surface area contributed by atoms with E-state index >= 15 is 0 Å². The zero-order chi connectivity index (χ0) is 15.8. The molecular formula is C18H22N4O. The van der Waals surface area contributed by atoms with Crippen LogP contribution in [0.4, 0.5) is 0 Å². The Labute approximate surface area is 135 Å². The van der Waals surface area contributed by atoms with Crippen LogP contribution in [-0.4, -0.2) is 45.4 Å². The number of H-pyrrole nitrogens is 2. The van der Waals surface area contributed by atoms with Crippen LogP contribution in [0.5, 0.6) is 0 Å². The summed E-state index contributed by atoms with van der Waals surface area (Å²) in [5.74, 6) is 0. The summed E-state index contributed by atoms with van der Waals surface area (Å²) in [6.07, 6.45) is 2.48. The lowest BCUT2D eigenvalue weighted by atomic mass is 10.1. The van der Waals surface area contributed by atoms with E-state index in [0.29, 0.717) is 12.2 Å². The number of morpholine rings is 1. The van der Waals surface area contributed by atoms with E-state index in [4.69, 9.17) is 4.74 Å². The molecule has 0 amide bonds. The molecule has 2 aromatic heterocycles. The van der Waals surface area contributed by atoms with Gasteiger partial charge in [-0.15, -0.1) is 0 Å². The number of ether oxygens (including phenoxy) is 1. The number of benzene rings is 1. The molecule has 3 heterocycles. The van der Waals surface area contributed by atoms with E-state index in [-0.39, 0.29) is 0 Å². The standard InChI is InChI=1S/C18H22N4O/c1-12-9-22(10-13(2)23-12)11-14-6-7-17(20-14)15-4-3-5-18-16(15)8-19-21-18/h3-8,12-13,20H,9-11H2,1-2H3,(H,19,21). The van der Waals surface area contributed by atoms with Gasteiger partial charge in [-0.1, -0.05) is 12.1 Å². The van der Waals surface area contributed by atoms with E-state index < -0.39 is 0 Å². The molecule has 5 heteroatoms. The number of aromatic nitrogens is 3. The average Bonchev–Trinajstić information content (AvgIpc) is 3.14.